The molecule has 20 heavy (non-hydrogen) atoms. The van der Waals surface area contributed by atoms with Gasteiger partial charge >= 0.3 is 6.18 Å². The molecule has 0 aliphatic rings. The van der Waals surface area contributed by atoms with E-state index in [0.29, 0.717) is 11.1 Å². The molecule has 0 amide bonds. The van der Waals surface area contributed by atoms with Crippen LogP contribution in [-0.2, 0) is 19.3 Å². The van der Waals surface area contributed by atoms with Crippen molar-refractivity contribution in [3.63, 3.8) is 0 Å². The standard InChI is InChI=1S/C15H13F4N/c16-14-7-2-1-5-12(14)10-20-9-11-4-3-6-13(8-11)15(17,18)19/h1-8,20H,9-10H2. The molecule has 0 atom stereocenters. The van der Waals surface area contributed by atoms with Gasteiger partial charge in [-0.25, -0.2) is 4.39 Å². The Morgan fingerprint density at radius 3 is 2.35 bits per heavy atom. The minimum Gasteiger partial charge on any atom is -0.309 e. The quantitative estimate of drug-likeness (QED) is 0.832. The van der Waals surface area contributed by atoms with Crippen LogP contribution in [0.4, 0.5) is 17.6 Å². The summed E-state index contributed by atoms with van der Waals surface area (Å²) in [5.74, 6) is -0.330. The minimum absolute atomic E-state index is 0.248. The van der Waals surface area contributed by atoms with Gasteiger partial charge in [-0.05, 0) is 17.7 Å². The van der Waals surface area contributed by atoms with Crippen molar-refractivity contribution in [1.82, 2.24) is 5.32 Å². The first-order valence-corrected chi connectivity index (χ1v) is 6.07. The van der Waals surface area contributed by atoms with Crippen LogP contribution in [0.2, 0.25) is 0 Å². The molecule has 0 fully saturated rings. The van der Waals surface area contributed by atoms with E-state index >= 15 is 0 Å². The smallest absolute Gasteiger partial charge is 0.309 e. The highest BCUT2D eigenvalue weighted by Crippen LogP contribution is 2.29. The predicted octanol–water partition coefficient (Wildman–Crippen LogP) is 4.13. The SMILES string of the molecule is Fc1ccccc1CNCc1cccc(C(F)(F)F)c1. The third kappa shape index (κ3) is 3.81. The topological polar surface area (TPSA) is 12.0 Å². The van der Waals surface area contributed by atoms with Crippen molar-refractivity contribution in [3.8, 4) is 0 Å². The van der Waals surface area contributed by atoms with Gasteiger partial charge in [-0.2, -0.15) is 13.2 Å². The van der Waals surface area contributed by atoms with Crippen LogP contribution in [0.3, 0.4) is 0 Å². The van der Waals surface area contributed by atoms with Crippen LogP contribution in [0.15, 0.2) is 48.5 Å². The molecule has 0 saturated carbocycles. The van der Waals surface area contributed by atoms with Gasteiger partial charge in [0, 0.05) is 18.7 Å². The van der Waals surface area contributed by atoms with Gasteiger partial charge in [-0.3, -0.25) is 0 Å². The van der Waals surface area contributed by atoms with Crippen molar-refractivity contribution in [1.29, 1.82) is 0 Å². The molecule has 1 nitrogen and oxygen atoms in total. The lowest BCUT2D eigenvalue weighted by molar-refractivity contribution is -0.137. The summed E-state index contributed by atoms with van der Waals surface area (Å²) < 4.78 is 51.0. The average molecular weight is 283 g/mol. The Labute approximate surface area is 114 Å². The molecule has 0 aliphatic carbocycles. The number of rotatable bonds is 4. The lowest BCUT2D eigenvalue weighted by Crippen LogP contribution is -2.14. The van der Waals surface area contributed by atoms with Gasteiger partial charge in [0.25, 0.3) is 0 Å². The second-order valence-electron chi connectivity index (χ2n) is 4.39. The highest BCUT2D eigenvalue weighted by atomic mass is 19.4. The third-order valence-electron chi connectivity index (χ3n) is 2.86. The normalized spacial score (nSPS) is 11.6. The summed E-state index contributed by atoms with van der Waals surface area (Å²) in [5, 5.41) is 2.93. The third-order valence-corrected chi connectivity index (χ3v) is 2.86. The first kappa shape index (κ1) is 14.5. The van der Waals surface area contributed by atoms with E-state index in [0.717, 1.165) is 12.1 Å². The van der Waals surface area contributed by atoms with Gasteiger partial charge in [0.05, 0.1) is 5.56 Å². The van der Waals surface area contributed by atoms with E-state index in [1.807, 2.05) is 0 Å². The molecule has 0 unspecified atom stereocenters. The van der Waals surface area contributed by atoms with Crippen LogP contribution in [0.5, 0.6) is 0 Å². The Balaban J connectivity index is 1.97. The highest BCUT2D eigenvalue weighted by molar-refractivity contribution is 5.25. The fraction of sp³-hybridized carbons (Fsp3) is 0.200. The molecule has 0 aliphatic heterocycles. The molecular weight excluding hydrogens is 270 g/mol. The first-order valence-electron chi connectivity index (χ1n) is 6.07. The van der Waals surface area contributed by atoms with Crippen molar-refractivity contribution in [2.45, 2.75) is 19.3 Å². The highest BCUT2D eigenvalue weighted by Gasteiger charge is 2.30. The molecule has 0 aromatic heterocycles. The lowest BCUT2D eigenvalue weighted by Gasteiger charge is -2.10. The lowest BCUT2D eigenvalue weighted by atomic mass is 10.1. The molecule has 5 heteroatoms. The number of nitrogens with one attached hydrogen (secondary N) is 1. The van der Waals surface area contributed by atoms with Crippen LogP contribution in [-0.4, -0.2) is 0 Å². The molecule has 0 saturated heterocycles. The second-order valence-corrected chi connectivity index (χ2v) is 4.39. The van der Waals surface area contributed by atoms with Gasteiger partial charge in [0.2, 0.25) is 0 Å². The van der Waals surface area contributed by atoms with Crippen molar-refractivity contribution >= 4 is 0 Å². The van der Waals surface area contributed by atoms with Crippen LogP contribution >= 0.6 is 0 Å². The van der Waals surface area contributed by atoms with Crippen molar-refractivity contribution in [2.75, 3.05) is 0 Å². The molecule has 2 rings (SSSR count). The molecule has 0 spiro atoms. The average Bonchev–Trinajstić information content (AvgIpc) is 2.40. The molecule has 1 N–H and O–H groups in total. The van der Waals surface area contributed by atoms with E-state index in [1.165, 1.54) is 12.1 Å². The van der Waals surface area contributed by atoms with E-state index in [-0.39, 0.29) is 18.9 Å². The van der Waals surface area contributed by atoms with Crippen molar-refractivity contribution < 1.29 is 17.6 Å². The number of alkyl halides is 3. The number of hydrogen-bond acceptors (Lipinski definition) is 1. The number of halogens is 4. The Hall–Kier alpha value is -1.88. The zero-order chi connectivity index (χ0) is 14.6. The summed E-state index contributed by atoms with van der Waals surface area (Å²) in [4.78, 5) is 0. The molecular formula is C15H13F4N. The van der Waals surface area contributed by atoms with E-state index in [2.05, 4.69) is 5.32 Å². The van der Waals surface area contributed by atoms with Crippen molar-refractivity contribution in [2.24, 2.45) is 0 Å². The van der Waals surface area contributed by atoms with Crippen LogP contribution in [0.1, 0.15) is 16.7 Å². The van der Waals surface area contributed by atoms with E-state index < -0.39 is 11.7 Å². The summed E-state index contributed by atoms with van der Waals surface area (Å²) >= 11 is 0. The Morgan fingerprint density at radius 2 is 1.65 bits per heavy atom. The van der Waals surface area contributed by atoms with E-state index in [4.69, 9.17) is 0 Å². The van der Waals surface area contributed by atoms with Crippen LogP contribution in [0.25, 0.3) is 0 Å². The molecule has 0 heterocycles. The maximum Gasteiger partial charge on any atom is 0.416 e. The van der Waals surface area contributed by atoms with Gasteiger partial charge < -0.3 is 5.32 Å². The first-order chi connectivity index (χ1) is 9.47. The molecule has 2 aromatic rings. The van der Waals surface area contributed by atoms with Gasteiger partial charge in [-0.15, -0.1) is 0 Å². The van der Waals surface area contributed by atoms with Gasteiger partial charge in [0.1, 0.15) is 5.82 Å². The van der Waals surface area contributed by atoms with Gasteiger partial charge in [-0.1, -0.05) is 36.4 Å². The van der Waals surface area contributed by atoms with Crippen LogP contribution < -0.4 is 5.32 Å². The fourth-order valence-electron chi connectivity index (χ4n) is 1.84. The summed E-state index contributed by atoms with van der Waals surface area (Å²) in [6, 6.07) is 11.4. The second kappa shape index (κ2) is 6.05. The van der Waals surface area contributed by atoms with Crippen molar-refractivity contribution in [3.05, 3.63) is 71.0 Å². The zero-order valence-electron chi connectivity index (χ0n) is 10.5. The largest absolute Gasteiger partial charge is 0.416 e. The molecule has 0 bridgehead atoms. The summed E-state index contributed by atoms with van der Waals surface area (Å²) in [5.41, 5.74) is 0.318. The summed E-state index contributed by atoms with van der Waals surface area (Å²) in [6.07, 6.45) is -4.35. The molecule has 0 radical (unpaired) electrons. The Bertz CT molecular complexity index is 578. The molecule has 106 valence electrons. The Kier molecular flexibility index (Phi) is 4.39. The maximum absolute atomic E-state index is 13.3. The number of hydrogen-bond donors (Lipinski definition) is 1. The fourth-order valence-corrected chi connectivity index (χ4v) is 1.84. The summed E-state index contributed by atoms with van der Waals surface area (Å²) in [6.45, 7) is 0.515. The number of benzene rings is 2. The maximum atomic E-state index is 13.3. The van der Waals surface area contributed by atoms with Gasteiger partial charge in [0.15, 0.2) is 0 Å². The minimum atomic E-state index is -4.35. The Morgan fingerprint density at radius 1 is 0.900 bits per heavy atom. The molecule has 2 aromatic carbocycles. The monoisotopic (exact) mass is 283 g/mol. The predicted molar refractivity (Wildman–Crippen MR) is 68.4 cm³/mol. The van der Waals surface area contributed by atoms with E-state index in [1.54, 1.807) is 24.3 Å². The zero-order valence-corrected chi connectivity index (χ0v) is 10.5. The summed E-state index contributed by atoms with van der Waals surface area (Å²) in [7, 11) is 0. The van der Waals surface area contributed by atoms with Crippen LogP contribution in [0, 0.1) is 5.82 Å². The van der Waals surface area contributed by atoms with E-state index in [9.17, 15) is 17.6 Å².